The number of hydrogen-bond acceptors (Lipinski definition) is 7. The number of esters is 1. The lowest BCUT2D eigenvalue weighted by molar-refractivity contribution is -0.143. The van der Waals surface area contributed by atoms with Crippen molar-refractivity contribution in [3.8, 4) is 17.1 Å². The normalized spacial score (nSPS) is 15.3. The van der Waals surface area contributed by atoms with E-state index in [9.17, 15) is 9.59 Å². The summed E-state index contributed by atoms with van der Waals surface area (Å²) in [4.78, 5) is 32.2. The van der Waals surface area contributed by atoms with Gasteiger partial charge in [0.1, 0.15) is 17.3 Å². The number of carbonyl (C=O) groups is 1. The van der Waals surface area contributed by atoms with Gasteiger partial charge in [-0.1, -0.05) is 51.5 Å². The number of hydrogen-bond donors (Lipinski definition) is 0. The van der Waals surface area contributed by atoms with Gasteiger partial charge in [0.25, 0.3) is 5.56 Å². The summed E-state index contributed by atoms with van der Waals surface area (Å²) in [5.41, 5.74) is 2.26. The van der Waals surface area contributed by atoms with Crippen LogP contribution in [0.25, 0.3) is 17.4 Å². The number of allylic oxidation sites excluding steroid dienone is 1. The molecule has 0 radical (unpaired) electrons. The van der Waals surface area contributed by atoms with Gasteiger partial charge in [-0.25, -0.2) is 9.79 Å². The molecule has 2 aromatic heterocycles. The maximum Gasteiger partial charge on any atom is 0.338 e. The third kappa shape index (κ3) is 5.55. The summed E-state index contributed by atoms with van der Waals surface area (Å²) in [5.74, 6) is 1.45. The van der Waals surface area contributed by atoms with Crippen LogP contribution in [-0.4, -0.2) is 23.2 Å². The zero-order chi connectivity index (χ0) is 27.7. The predicted octanol–water partition coefficient (Wildman–Crippen LogP) is 5.61. The molecule has 39 heavy (non-hydrogen) atoms. The summed E-state index contributed by atoms with van der Waals surface area (Å²) in [6.07, 6.45) is 1.40. The molecule has 0 unspecified atom stereocenters. The van der Waals surface area contributed by atoms with E-state index in [1.54, 1.807) is 31.4 Å². The van der Waals surface area contributed by atoms with E-state index >= 15 is 0 Å². The summed E-state index contributed by atoms with van der Waals surface area (Å²) in [7, 11) is 0. The van der Waals surface area contributed by atoms with E-state index in [0.29, 0.717) is 44.5 Å². The maximum atomic E-state index is 13.8. The van der Waals surface area contributed by atoms with E-state index in [0.717, 1.165) is 15.6 Å². The molecule has 0 bridgehead atoms. The van der Waals surface area contributed by atoms with Gasteiger partial charge in [0.05, 0.1) is 34.6 Å². The highest BCUT2D eigenvalue weighted by Gasteiger charge is 2.33. The number of aromatic nitrogens is 1. The smallest absolute Gasteiger partial charge is 0.338 e. The molecule has 4 aromatic rings. The van der Waals surface area contributed by atoms with E-state index < -0.39 is 12.0 Å². The molecular weight excluding hydrogens is 580 g/mol. The van der Waals surface area contributed by atoms with Gasteiger partial charge < -0.3 is 13.9 Å². The summed E-state index contributed by atoms with van der Waals surface area (Å²) >= 11 is 4.74. The van der Waals surface area contributed by atoms with Crippen LogP contribution in [0.3, 0.4) is 0 Å². The summed E-state index contributed by atoms with van der Waals surface area (Å²) in [6.45, 7) is 7.81. The second kappa shape index (κ2) is 11.2. The molecule has 0 N–H and O–H groups in total. The Labute approximate surface area is 237 Å². The third-order valence-electron chi connectivity index (χ3n) is 6.10. The van der Waals surface area contributed by atoms with Crippen LogP contribution in [0, 0.1) is 0 Å². The number of ether oxygens (including phenoxy) is 2. The van der Waals surface area contributed by atoms with Crippen LogP contribution in [-0.2, 0) is 9.53 Å². The Hall–Kier alpha value is -3.69. The van der Waals surface area contributed by atoms with Crippen molar-refractivity contribution >= 4 is 39.3 Å². The van der Waals surface area contributed by atoms with Crippen molar-refractivity contribution in [2.45, 2.75) is 39.8 Å². The average molecular weight is 608 g/mol. The van der Waals surface area contributed by atoms with Crippen LogP contribution in [0.15, 0.2) is 90.6 Å². The van der Waals surface area contributed by atoms with Gasteiger partial charge in [0.15, 0.2) is 4.80 Å². The zero-order valence-electron chi connectivity index (χ0n) is 21.9. The highest BCUT2D eigenvalue weighted by molar-refractivity contribution is 9.10. The van der Waals surface area contributed by atoms with Gasteiger partial charge in [-0.2, -0.15) is 0 Å². The fraction of sp³-hybridized carbons (Fsp3) is 0.233. The quantitative estimate of drug-likeness (QED) is 0.255. The minimum absolute atomic E-state index is 0.264. The SMILES string of the molecule is CCOc1ccc([C@H]2C(C(=O)OC(C)C)=C(C)N=c3s/c(=C/c4ccc(-c5cccc(Br)c5)o4)c(=O)n32)cc1. The summed E-state index contributed by atoms with van der Waals surface area (Å²) < 4.78 is 20.2. The fourth-order valence-corrected chi connectivity index (χ4v) is 5.87. The molecule has 0 fully saturated rings. The van der Waals surface area contributed by atoms with Gasteiger partial charge in [-0.15, -0.1) is 0 Å². The first kappa shape index (κ1) is 26.9. The van der Waals surface area contributed by atoms with Gasteiger partial charge in [0, 0.05) is 16.1 Å². The van der Waals surface area contributed by atoms with Crippen LogP contribution in [0.5, 0.6) is 5.75 Å². The molecule has 2 aromatic carbocycles. The topological polar surface area (TPSA) is 83.0 Å². The minimum Gasteiger partial charge on any atom is -0.494 e. The zero-order valence-corrected chi connectivity index (χ0v) is 24.3. The molecule has 1 atom stereocenters. The van der Waals surface area contributed by atoms with Gasteiger partial charge in [-0.05, 0) is 69.7 Å². The first-order valence-corrected chi connectivity index (χ1v) is 14.2. The van der Waals surface area contributed by atoms with E-state index in [2.05, 4.69) is 20.9 Å². The van der Waals surface area contributed by atoms with Crippen molar-refractivity contribution in [2.75, 3.05) is 6.61 Å². The minimum atomic E-state index is -0.695. The molecule has 3 heterocycles. The fourth-order valence-electron chi connectivity index (χ4n) is 4.45. The summed E-state index contributed by atoms with van der Waals surface area (Å²) in [5, 5.41) is 0. The highest BCUT2D eigenvalue weighted by Crippen LogP contribution is 2.32. The van der Waals surface area contributed by atoms with Crippen LogP contribution in [0.2, 0.25) is 0 Å². The number of furan rings is 1. The number of carbonyl (C=O) groups excluding carboxylic acids is 1. The lowest BCUT2D eigenvalue weighted by Gasteiger charge is -2.25. The van der Waals surface area contributed by atoms with Crippen molar-refractivity contribution in [3.63, 3.8) is 0 Å². The largest absolute Gasteiger partial charge is 0.494 e. The maximum absolute atomic E-state index is 13.8. The molecule has 0 saturated carbocycles. The molecular formula is C30H27BrN2O5S. The number of rotatable bonds is 7. The Bertz CT molecular complexity index is 1740. The summed E-state index contributed by atoms with van der Waals surface area (Å²) in [6, 6.07) is 18.2. The highest BCUT2D eigenvalue weighted by atomic mass is 79.9. The van der Waals surface area contributed by atoms with E-state index in [1.807, 2.05) is 67.6 Å². The molecule has 1 aliphatic rings. The molecule has 5 rings (SSSR count). The van der Waals surface area contributed by atoms with Crippen LogP contribution in [0.4, 0.5) is 0 Å². The van der Waals surface area contributed by atoms with Gasteiger partial charge >= 0.3 is 5.97 Å². The molecule has 1 aliphatic heterocycles. The Balaban J connectivity index is 1.62. The van der Waals surface area contributed by atoms with E-state index in [1.165, 1.54) is 11.3 Å². The van der Waals surface area contributed by atoms with E-state index in [-0.39, 0.29) is 11.7 Å². The number of nitrogens with zero attached hydrogens (tertiary/aromatic N) is 2. The van der Waals surface area contributed by atoms with E-state index in [4.69, 9.17) is 13.9 Å². The Kier molecular flexibility index (Phi) is 7.72. The second-order valence-electron chi connectivity index (χ2n) is 9.25. The third-order valence-corrected chi connectivity index (χ3v) is 7.58. The number of fused-ring (bicyclic) bond motifs is 1. The standard InChI is InChI=1S/C30H27BrN2O5S/c1-5-36-22-11-9-19(10-12-22)27-26(29(35)37-17(2)3)18(4)32-30-33(27)28(34)25(39-30)16-23-13-14-24(38-23)20-7-6-8-21(31)15-20/h6-17,27H,5H2,1-4H3/b25-16+/t27-/m0/s1. The predicted molar refractivity (Wildman–Crippen MR) is 154 cm³/mol. The lowest BCUT2D eigenvalue weighted by atomic mass is 9.96. The molecule has 0 spiro atoms. The van der Waals surface area contributed by atoms with Gasteiger partial charge in [-0.3, -0.25) is 9.36 Å². The number of benzene rings is 2. The Morgan fingerprint density at radius 2 is 1.95 bits per heavy atom. The molecule has 7 nitrogen and oxygen atoms in total. The van der Waals surface area contributed by atoms with Crippen molar-refractivity contribution in [1.29, 1.82) is 0 Å². The first-order valence-electron chi connectivity index (χ1n) is 12.6. The van der Waals surface area contributed by atoms with Gasteiger partial charge in [0.2, 0.25) is 0 Å². The Morgan fingerprint density at radius 3 is 2.64 bits per heavy atom. The first-order chi connectivity index (χ1) is 18.7. The second-order valence-corrected chi connectivity index (χ2v) is 11.2. The van der Waals surface area contributed by atoms with Crippen LogP contribution in [0.1, 0.15) is 45.1 Å². The lowest BCUT2D eigenvalue weighted by Crippen LogP contribution is -2.40. The monoisotopic (exact) mass is 606 g/mol. The van der Waals surface area contributed by atoms with Crippen molar-refractivity contribution < 1.29 is 18.7 Å². The molecule has 0 aliphatic carbocycles. The van der Waals surface area contributed by atoms with Crippen LogP contribution < -0.4 is 19.6 Å². The molecule has 0 saturated heterocycles. The van der Waals surface area contributed by atoms with Crippen molar-refractivity contribution in [3.05, 3.63) is 107 Å². The molecule has 200 valence electrons. The van der Waals surface area contributed by atoms with Crippen LogP contribution >= 0.6 is 27.3 Å². The van der Waals surface area contributed by atoms with Crippen molar-refractivity contribution in [2.24, 2.45) is 4.99 Å². The molecule has 0 amide bonds. The number of halogens is 1. The van der Waals surface area contributed by atoms with Crippen molar-refractivity contribution in [1.82, 2.24) is 4.57 Å². The number of thiazole rings is 1. The Morgan fingerprint density at radius 1 is 1.18 bits per heavy atom. The average Bonchev–Trinajstić information content (AvgIpc) is 3.48. The molecule has 9 heteroatoms.